The van der Waals surface area contributed by atoms with Gasteiger partial charge in [0.2, 0.25) is 0 Å². The molecule has 0 atom stereocenters. The van der Waals surface area contributed by atoms with E-state index in [2.05, 4.69) is 15.5 Å². The van der Waals surface area contributed by atoms with Crippen molar-refractivity contribution in [1.82, 2.24) is 10.2 Å². The van der Waals surface area contributed by atoms with Crippen LogP contribution in [-0.4, -0.2) is 57.8 Å². The molecule has 0 bridgehead atoms. The van der Waals surface area contributed by atoms with Gasteiger partial charge in [-0.1, -0.05) is 6.07 Å². The van der Waals surface area contributed by atoms with Crippen LogP contribution in [0, 0.1) is 0 Å². The van der Waals surface area contributed by atoms with Crippen LogP contribution >= 0.6 is 0 Å². The predicted molar refractivity (Wildman–Crippen MR) is 127 cm³/mol. The van der Waals surface area contributed by atoms with Gasteiger partial charge in [0.25, 0.3) is 5.91 Å². The molecule has 1 aliphatic rings. The Balaban J connectivity index is 1.79. The first-order chi connectivity index (χ1) is 16.6. The first kappa shape index (κ1) is 23.4. The normalized spacial score (nSPS) is 13.9. The summed E-state index contributed by atoms with van der Waals surface area (Å²) in [7, 11) is 6.20. The highest BCUT2D eigenvalue weighted by atomic mass is 16.5. The van der Waals surface area contributed by atoms with Crippen molar-refractivity contribution in [1.29, 1.82) is 0 Å². The standard InChI is InChI=1S/C25H29N3O6/c1-30-17-9-8-16(14-20(17)33-4)23-24(22(27-28-23)15-10-12-34-13-11-15)26-25(29)21-18(31-2)6-5-7-19(21)32-3/h5-9,14-15H,10-13H2,1-4H3,(H,26,29)(H,27,28). The molecule has 1 fully saturated rings. The lowest BCUT2D eigenvalue weighted by molar-refractivity contribution is 0.0846. The van der Waals surface area contributed by atoms with Gasteiger partial charge in [-0.2, -0.15) is 5.10 Å². The van der Waals surface area contributed by atoms with Crippen LogP contribution in [0.25, 0.3) is 11.3 Å². The molecule has 2 aromatic carbocycles. The average Bonchev–Trinajstić information content (AvgIpc) is 3.31. The van der Waals surface area contributed by atoms with Crippen LogP contribution in [0.2, 0.25) is 0 Å². The van der Waals surface area contributed by atoms with Gasteiger partial charge in [0, 0.05) is 24.7 Å². The molecule has 0 spiro atoms. The van der Waals surface area contributed by atoms with Gasteiger partial charge >= 0.3 is 0 Å². The van der Waals surface area contributed by atoms with Gasteiger partial charge in [0.05, 0.1) is 39.8 Å². The van der Waals surface area contributed by atoms with E-state index in [1.807, 2.05) is 18.2 Å². The van der Waals surface area contributed by atoms with Gasteiger partial charge in [0.15, 0.2) is 11.5 Å². The molecule has 180 valence electrons. The Hall–Kier alpha value is -3.72. The van der Waals surface area contributed by atoms with Crippen LogP contribution in [0.5, 0.6) is 23.0 Å². The van der Waals surface area contributed by atoms with E-state index >= 15 is 0 Å². The minimum absolute atomic E-state index is 0.171. The number of methoxy groups -OCH3 is 4. The van der Waals surface area contributed by atoms with Gasteiger partial charge in [-0.15, -0.1) is 0 Å². The molecule has 1 saturated heterocycles. The maximum atomic E-state index is 13.5. The molecule has 2 heterocycles. The second kappa shape index (κ2) is 10.5. The number of carbonyl (C=O) groups is 1. The molecule has 1 amide bonds. The largest absolute Gasteiger partial charge is 0.496 e. The number of H-pyrrole nitrogens is 1. The van der Waals surface area contributed by atoms with E-state index in [0.717, 1.165) is 24.1 Å². The Morgan fingerprint density at radius 2 is 1.59 bits per heavy atom. The summed E-state index contributed by atoms with van der Waals surface area (Å²) in [5, 5.41) is 10.8. The topological polar surface area (TPSA) is 104 Å². The van der Waals surface area contributed by atoms with E-state index in [9.17, 15) is 4.79 Å². The minimum atomic E-state index is -0.356. The zero-order valence-electron chi connectivity index (χ0n) is 19.8. The summed E-state index contributed by atoms with van der Waals surface area (Å²) < 4.78 is 27.2. The minimum Gasteiger partial charge on any atom is -0.496 e. The van der Waals surface area contributed by atoms with Crippen molar-refractivity contribution in [2.45, 2.75) is 18.8 Å². The number of nitrogens with one attached hydrogen (secondary N) is 2. The number of hydrogen-bond acceptors (Lipinski definition) is 7. The number of carbonyl (C=O) groups excluding carboxylic acids is 1. The van der Waals surface area contributed by atoms with Gasteiger partial charge < -0.3 is 29.0 Å². The molecule has 0 radical (unpaired) electrons. The number of hydrogen-bond donors (Lipinski definition) is 2. The van der Waals surface area contributed by atoms with E-state index in [1.54, 1.807) is 32.4 Å². The Morgan fingerprint density at radius 3 is 2.21 bits per heavy atom. The maximum absolute atomic E-state index is 13.5. The summed E-state index contributed by atoms with van der Waals surface area (Å²) in [5.41, 5.74) is 3.15. The summed E-state index contributed by atoms with van der Waals surface area (Å²) in [6, 6.07) is 10.7. The molecule has 0 unspecified atom stereocenters. The van der Waals surface area contributed by atoms with Crippen molar-refractivity contribution >= 4 is 11.6 Å². The summed E-state index contributed by atoms with van der Waals surface area (Å²) in [5.74, 6) is 1.83. The number of nitrogens with zero attached hydrogens (tertiary/aromatic N) is 1. The van der Waals surface area contributed by atoms with E-state index in [-0.39, 0.29) is 11.8 Å². The number of benzene rings is 2. The number of aromatic amines is 1. The lowest BCUT2D eigenvalue weighted by Gasteiger charge is -2.22. The second-order valence-corrected chi connectivity index (χ2v) is 7.81. The zero-order chi connectivity index (χ0) is 24.1. The highest BCUT2D eigenvalue weighted by Gasteiger charge is 2.28. The number of rotatable bonds is 8. The maximum Gasteiger partial charge on any atom is 0.263 e. The smallest absolute Gasteiger partial charge is 0.263 e. The van der Waals surface area contributed by atoms with Crippen molar-refractivity contribution in [3.8, 4) is 34.3 Å². The molecule has 0 aliphatic carbocycles. The molecule has 1 aromatic heterocycles. The molecule has 0 saturated carbocycles. The van der Waals surface area contributed by atoms with Crippen LogP contribution < -0.4 is 24.3 Å². The summed E-state index contributed by atoms with van der Waals surface area (Å²) >= 11 is 0. The number of ether oxygens (including phenoxy) is 5. The fraction of sp³-hybridized carbons (Fsp3) is 0.360. The SMILES string of the molecule is COc1ccc(-c2n[nH]c(C3CCOCC3)c2NC(=O)c2c(OC)cccc2OC)cc1OC. The average molecular weight is 468 g/mol. The fourth-order valence-electron chi connectivity index (χ4n) is 4.21. The lowest BCUT2D eigenvalue weighted by Crippen LogP contribution is -2.19. The lowest BCUT2D eigenvalue weighted by atomic mass is 9.94. The Kier molecular flexibility index (Phi) is 7.22. The molecule has 4 rings (SSSR count). The van der Waals surface area contributed by atoms with Crippen molar-refractivity contribution in [3.63, 3.8) is 0 Å². The van der Waals surface area contributed by atoms with Crippen LogP contribution in [0.1, 0.15) is 34.8 Å². The Labute approximate surface area is 198 Å². The third-order valence-corrected chi connectivity index (χ3v) is 5.97. The Bertz CT molecular complexity index is 1130. The highest BCUT2D eigenvalue weighted by molar-refractivity contribution is 6.10. The van der Waals surface area contributed by atoms with Gasteiger partial charge in [-0.3, -0.25) is 9.89 Å². The summed E-state index contributed by atoms with van der Waals surface area (Å²) in [4.78, 5) is 13.5. The third-order valence-electron chi connectivity index (χ3n) is 5.97. The van der Waals surface area contributed by atoms with E-state index in [1.165, 1.54) is 14.2 Å². The predicted octanol–water partition coefficient (Wildman–Crippen LogP) is 4.26. The Morgan fingerprint density at radius 1 is 0.941 bits per heavy atom. The quantitative estimate of drug-likeness (QED) is 0.510. The molecule has 9 nitrogen and oxygen atoms in total. The van der Waals surface area contributed by atoms with Gasteiger partial charge in [0.1, 0.15) is 22.8 Å². The highest BCUT2D eigenvalue weighted by Crippen LogP contribution is 2.40. The van der Waals surface area contributed by atoms with Crippen molar-refractivity contribution in [2.24, 2.45) is 0 Å². The first-order valence-corrected chi connectivity index (χ1v) is 11.0. The van der Waals surface area contributed by atoms with Gasteiger partial charge in [-0.25, -0.2) is 0 Å². The molecular formula is C25H29N3O6. The second-order valence-electron chi connectivity index (χ2n) is 7.81. The van der Waals surface area contributed by atoms with Crippen LogP contribution in [-0.2, 0) is 4.74 Å². The summed E-state index contributed by atoms with van der Waals surface area (Å²) in [6.07, 6.45) is 1.66. The molecule has 2 N–H and O–H groups in total. The monoisotopic (exact) mass is 467 g/mol. The van der Waals surface area contributed by atoms with Crippen molar-refractivity contribution in [2.75, 3.05) is 47.0 Å². The van der Waals surface area contributed by atoms with Crippen LogP contribution in [0.4, 0.5) is 5.69 Å². The summed E-state index contributed by atoms with van der Waals surface area (Å²) in [6.45, 7) is 1.31. The van der Waals surface area contributed by atoms with Crippen LogP contribution in [0.15, 0.2) is 36.4 Å². The third kappa shape index (κ3) is 4.51. The van der Waals surface area contributed by atoms with Crippen molar-refractivity contribution in [3.05, 3.63) is 47.7 Å². The van der Waals surface area contributed by atoms with E-state index < -0.39 is 0 Å². The van der Waals surface area contributed by atoms with Crippen LogP contribution in [0.3, 0.4) is 0 Å². The first-order valence-electron chi connectivity index (χ1n) is 11.0. The molecule has 9 heteroatoms. The van der Waals surface area contributed by atoms with E-state index in [4.69, 9.17) is 23.7 Å². The van der Waals surface area contributed by atoms with Crippen molar-refractivity contribution < 1.29 is 28.5 Å². The fourth-order valence-corrected chi connectivity index (χ4v) is 4.21. The molecule has 1 aliphatic heterocycles. The van der Waals surface area contributed by atoms with E-state index in [0.29, 0.717) is 53.2 Å². The zero-order valence-corrected chi connectivity index (χ0v) is 19.8. The number of aromatic nitrogens is 2. The molecule has 3 aromatic rings. The number of anilines is 1. The molecular weight excluding hydrogens is 438 g/mol. The van der Waals surface area contributed by atoms with Gasteiger partial charge in [-0.05, 0) is 43.2 Å². The number of amides is 1. The molecule has 34 heavy (non-hydrogen) atoms.